The number of fused-ring (bicyclic) bond motifs is 3. The molecular formula is C11H15N3O. The third kappa shape index (κ3) is 1.36. The number of nitrogens with one attached hydrogen (secondary N) is 2. The molecule has 2 N–H and O–H groups in total. The molecule has 80 valence electrons. The van der Waals surface area contributed by atoms with Crippen LogP contribution in [0.15, 0.2) is 24.0 Å². The first kappa shape index (κ1) is 8.97. The topological polar surface area (TPSA) is 48.4 Å². The molecule has 3 rings (SSSR count). The molecule has 2 saturated heterocycles. The molecule has 0 bridgehead atoms. The Morgan fingerprint density at radius 2 is 2.53 bits per heavy atom. The molecule has 3 aliphatic rings. The van der Waals surface area contributed by atoms with Crippen molar-refractivity contribution in [3.05, 3.63) is 24.0 Å². The van der Waals surface area contributed by atoms with Crippen molar-refractivity contribution in [1.29, 1.82) is 5.41 Å². The van der Waals surface area contributed by atoms with Crippen molar-refractivity contribution in [2.45, 2.75) is 12.5 Å². The van der Waals surface area contributed by atoms with Gasteiger partial charge in [0, 0.05) is 24.4 Å². The normalized spacial score (nSPS) is 37.7. The Balaban J connectivity index is 1.83. The van der Waals surface area contributed by atoms with Crippen LogP contribution in [0, 0.1) is 17.2 Å². The van der Waals surface area contributed by atoms with Crippen LogP contribution in [0.5, 0.6) is 0 Å². The van der Waals surface area contributed by atoms with E-state index in [1.807, 2.05) is 5.01 Å². The standard InChI is InChI=1S/C11H15N3O/c12-7-14-5-8-6-15-10-4-2-1-3-9(10)11(8)13-14/h1-2,4,7-9,11-13H,3,5-6H2. The average molecular weight is 205 g/mol. The predicted octanol–water partition coefficient (Wildman–Crippen LogP) is 0.889. The molecule has 0 aromatic heterocycles. The second kappa shape index (κ2) is 3.38. The van der Waals surface area contributed by atoms with E-state index in [2.05, 4.69) is 23.7 Å². The van der Waals surface area contributed by atoms with Crippen LogP contribution in [0.2, 0.25) is 0 Å². The summed E-state index contributed by atoms with van der Waals surface area (Å²) in [7, 11) is 0. The number of nitrogens with zero attached hydrogens (tertiary/aromatic N) is 1. The summed E-state index contributed by atoms with van der Waals surface area (Å²) in [6.07, 6.45) is 8.73. The van der Waals surface area contributed by atoms with Crippen molar-refractivity contribution in [1.82, 2.24) is 10.4 Å². The Bertz CT molecular complexity index is 337. The fraction of sp³-hybridized carbons (Fsp3) is 0.545. The first-order valence-electron chi connectivity index (χ1n) is 5.41. The highest BCUT2D eigenvalue weighted by molar-refractivity contribution is 5.50. The van der Waals surface area contributed by atoms with Gasteiger partial charge in [0.2, 0.25) is 0 Å². The van der Waals surface area contributed by atoms with Crippen molar-refractivity contribution in [3.8, 4) is 0 Å². The molecule has 0 spiro atoms. The van der Waals surface area contributed by atoms with Crippen molar-refractivity contribution >= 4 is 6.34 Å². The minimum Gasteiger partial charge on any atom is -0.497 e. The summed E-state index contributed by atoms with van der Waals surface area (Å²) < 4.78 is 5.76. The van der Waals surface area contributed by atoms with Crippen LogP contribution in [0.3, 0.4) is 0 Å². The lowest BCUT2D eigenvalue weighted by Crippen LogP contribution is -2.44. The van der Waals surface area contributed by atoms with Gasteiger partial charge in [-0.2, -0.15) is 0 Å². The molecule has 4 heteroatoms. The molecule has 0 aromatic rings. The molecule has 2 heterocycles. The highest BCUT2D eigenvalue weighted by Gasteiger charge is 2.42. The second-order valence-corrected chi connectivity index (χ2v) is 4.35. The first-order valence-corrected chi connectivity index (χ1v) is 5.41. The zero-order chi connectivity index (χ0) is 10.3. The lowest BCUT2D eigenvalue weighted by atomic mass is 9.82. The molecule has 1 aliphatic carbocycles. The summed E-state index contributed by atoms with van der Waals surface area (Å²) in [6.45, 7) is 1.67. The van der Waals surface area contributed by atoms with Gasteiger partial charge in [-0.15, -0.1) is 0 Å². The molecule has 4 nitrogen and oxygen atoms in total. The zero-order valence-corrected chi connectivity index (χ0v) is 8.52. The third-order valence-electron chi connectivity index (χ3n) is 3.46. The minimum atomic E-state index is 0.441. The summed E-state index contributed by atoms with van der Waals surface area (Å²) in [6, 6.07) is 0.441. The number of hydrogen-bond acceptors (Lipinski definition) is 3. The van der Waals surface area contributed by atoms with E-state index < -0.39 is 0 Å². The number of ether oxygens (including phenoxy) is 1. The van der Waals surface area contributed by atoms with Crippen molar-refractivity contribution in [3.63, 3.8) is 0 Å². The maximum absolute atomic E-state index is 7.25. The zero-order valence-electron chi connectivity index (χ0n) is 8.52. The molecule has 0 saturated carbocycles. The highest BCUT2D eigenvalue weighted by atomic mass is 16.5. The molecule has 0 amide bonds. The first-order chi connectivity index (χ1) is 7.38. The van der Waals surface area contributed by atoms with Gasteiger partial charge in [-0.1, -0.05) is 12.2 Å². The van der Waals surface area contributed by atoms with Crippen LogP contribution >= 0.6 is 0 Å². The quantitative estimate of drug-likeness (QED) is 0.493. The summed E-state index contributed by atoms with van der Waals surface area (Å²) in [5.74, 6) is 2.08. The van der Waals surface area contributed by atoms with Crippen LogP contribution in [0.1, 0.15) is 6.42 Å². The second-order valence-electron chi connectivity index (χ2n) is 4.35. The van der Waals surface area contributed by atoms with E-state index >= 15 is 0 Å². The number of hydrazine groups is 1. The van der Waals surface area contributed by atoms with Crippen LogP contribution in [-0.2, 0) is 4.74 Å². The maximum Gasteiger partial charge on any atom is 0.101 e. The Hall–Kier alpha value is -1.29. The SMILES string of the molecule is N=CN1CC2COC3=CC=CCC3C2N1. The maximum atomic E-state index is 7.25. The molecule has 0 aromatic carbocycles. The molecule has 2 fully saturated rings. The summed E-state index contributed by atoms with van der Waals surface area (Å²) in [5.41, 5.74) is 3.38. The van der Waals surface area contributed by atoms with Gasteiger partial charge in [-0.3, -0.25) is 10.4 Å². The van der Waals surface area contributed by atoms with Crippen molar-refractivity contribution in [2.75, 3.05) is 13.2 Å². The summed E-state index contributed by atoms with van der Waals surface area (Å²) in [4.78, 5) is 0. The monoisotopic (exact) mass is 205 g/mol. The van der Waals surface area contributed by atoms with Crippen LogP contribution in [-0.4, -0.2) is 30.5 Å². The third-order valence-corrected chi connectivity index (χ3v) is 3.46. The van der Waals surface area contributed by atoms with Crippen molar-refractivity contribution < 1.29 is 4.74 Å². The number of rotatable bonds is 1. The van der Waals surface area contributed by atoms with E-state index in [1.54, 1.807) is 0 Å². The van der Waals surface area contributed by atoms with Gasteiger partial charge in [0.1, 0.15) is 5.76 Å². The van der Waals surface area contributed by atoms with E-state index in [-0.39, 0.29) is 0 Å². The average Bonchev–Trinajstić information content (AvgIpc) is 2.72. The number of hydrogen-bond donors (Lipinski definition) is 2. The van der Waals surface area contributed by atoms with E-state index in [1.165, 1.54) is 6.34 Å². The Morgan fingerprint density at radius 3 is 3.40 bits per heavy atom. The minimum absolute atomic E-state index is 0.441. The van der Waals surface area contributed by atoms with E-state index in [0.29, 0.717) is 17.9 Å². The van der Waals surface area contributed by atoms with Gasteiger partial charge >= 0.3 is 0 Å². The summed E-state index contributed by atoms with van der Waals surface area (Å²) in [5, 5.41) is 9.11. The Kier molecular flexibility index (Phi) is 2.02. The Labute approximate surface area is 89.1 Å². The number of allylic oxidation sites excluding steroid dienone is 3. The van der Waals surface area contributed by atoms with Crippen LogP contribution in [0.25, 0.3) is 0 Å². The van der Waals surface area contributed by atoms with E-state index in [0.717, 1.165) is 25.3 Å². The van der Waals surface area contributed by atoms with E-state index in [9.17, 15) is 0 Å². The van der Waals surface area contributed by atoms with Gasteiger partial charge < -0.3 is 4.74 Å². The highest BCUT2D eigenvalue weighted by Crippen LogP contribution is 2.36. The smallest absolute Gasteiger partial charge is 0.101 e. The lowest BCUT2D eigenvalue weighted by molar-refractivity contribution is 0.0709. The largest absolute Gasteiger partial charge is 0.497 e. The molecule has 3 atom stereocenters. The van der Waals surface area contributed by atoms with Crippen LogP contribution in [0.4, 0.5) is 0 Å². The molecule has 15 heavy (non-hydrogen) atoms. The van der Waals surface area contributed by atoms with Crippen LogP contribution < -0.4 is 5.43 Å². The van der Waals surface area contributed by atoms with Gasteiger partial charge in [0.05, 0.1) is 12.9 Å². The van der Waals surface area contributed by atoms with Crippen molar-refractivity contribution in [2.24, 2.45) is 11.8 Å². The van der Waals surface area contributed by atoms with Gasteiger partial charge in [-0.05, 0) is 12.5 Å². The lowest BCUT2D eigenvalue weighted by Gasteiger charge is -2.35. The molecule has 2 aliphatic heterocycles. The fourth-order valence-electron chi connectivity index (χ4n) is 2.69. The predicted molar refractivity (Wildman–Crippen MR) is 57.2 cm³/mol. The molecule has 3 unspecified atom stereocenters. The fourth-order valence-corrected chi connectivity index (χ4v) is 2.69. The molecule has 0 radical (unpaired) electrons. The molecular weight excluding hydrogens is 190 g/mol. The van der Waals surface area contributed by atoms with E-state index in [4.69, 9.17) is 10.1 Å². The van der Waals surface area contributed by atoms with Gasteiger partial charge in [-0.25, -0.2) is 5.43 Å². The van der Waals surface area contributed by atoms with Gasteiger partial charge in [0.25, 0.3) is 0 Å². The van der Waals surface area contributed by atoms with Gasteiger partial charge in [0.15, 0.2) is 0 Å². The summed E-state index contributed by atoms with van der Waals surface area (Å²) >= 11 is 0. The Morgan fingerprint density at radius 1 is 1.60 bits per heavy atom.